The number of hydrogen-bond donors (Lipinski definition) is 2. The summed E-state index contributed by atoms with van der Waals surface area (Å²) in [5.74, 6) is 3.24. The number of para-hydroxylation sites is 2. The van der Waals surface area contributed by atoms with Crippen LogP contribution in [0.3, 0.4) is 0 Å². The van der Waals surface area contributed by atoms with E-state index in [0.717, 1.165) is 41.8 Å². The summed E-state index contributed by atoms with van der Waals surface area (Å²) in [5, 5.41) is 0. The zero-order valence-electron chi connectivity index (χ0n) is 21.9. The first-order valence-electron chi connectivity index (χ1n) is 14.6. The van der Waals surface area contributed by atoms with Gasteiger partial charge >= 0.3 is 5.69 Å². The number of aromatic nitrogens is 4. The lowest BCUT2D eigenvalue weighted by Gasteiger charge is -2.56. The predicted octanol–water partition coefficient (Wildman–Crippen LogP) is 5.24. The van der Waals surface area contributed by atoms with E-state index in [2.05, 4.69) is 38.5 Å². The molecule has 2 N–H and O–H groups in total. The van der Waals surface area contributed by atoms with Crippen molar-refractivity contribution in [3.05, 3.63) is 51.2 Å². The number of piperidine rings is 2. The summed E-state index contributed by atoms with van der Waals surface area (Å²) in [6.45, 7) is 2.47. The van der Waals surface area contributed by atoms with E-state index in [-0.39, 0.29) is 0 Å². The van der Waals surface area contributed by atoms with E-state index in [1.807, 2.05) is 12.1 Å². The van der Waals surface area contributed by atoms with Crippen LogP contribution in [0, 0.1) is 17.8 Å². The zero-order chi connectivity index (χ0) is 25.1. The van der Waals surface area contributed by atoms with Gasteiger partial charge in [-0.1, -0.05) is 44.7 Å². The number of imidazole rings is 1. The zero-order valence-corrected chi connectivity index (χ0v) is 21.9. The third kappa shape index (κ3) is 4.19. The number of H-pyrrole nitrogens is 2. The Labute approximate surface area is 217 Å². The highest BCUT2D eigenvalue weighted by Gasteiger charge is 2.47. The second kappa shape index (κ2) is 9.26. The van der Waals surface area contributed by atoms with E-state index in [0.29, 0.717) is 35.6 Å². The van der Waals surface area contributed by atoms with Gasteiger partial charge in [-0.3, -0.25) is 14.7 Å². The molecule has 2 aliphatic heterocycles. The van der Waals surface area contributed by atoms with Gasteiger partial charge in [0.15, 0.2) is 5.82 Å². The Balaban J connectivity index is 1.27. The molecule has 7 heteroatoms. The van der Waals surface area contributed by atoms with Gasteiger partial charge in [0.05, 0.1) is 16.7 Å². The van der Waals surface area contributed by atoms with Crippen molar-refractivity contribution in [3.8, 4) is 11.5 Å². The maximum absolute atomic E-state index is 12.2. The molecule has 37 heavy (non-hydrogen) atoms. The second-order valence-electron chi connectivity index (χ2n) is 12.5. The van der Waals surface area contributed by atoms with Crippen molar-refractivity contribution in [1.82, 2.24) is 24.4 Å². The number of benzene rings is 1. The van der Waals surface area contributed by atoms with Gasteiger partial charge in [-0.25, -0.2) is 9.78 Å². The van der Waals surface area contributed by atoms with Crippen LogP contribution in [0.1, 0.15) is 83.6 Å². The van der Waals surface area contributed by atoms with E-state index < -0.39 is 11.2 Å². The van der Waals surface area contributed by atoms with Gasteiger partial charge in [-0.15, -0.1) is 0 Å². The highest BCUT2D eigenvalue weighted by molar-refractivity contribution is 5.80. The number of fused-ring (bicyclic) bond motifs is 5. The molecule has 0 radical (unpaired) electrons. The van der Waals surface area contributed by atoms with Gasteiger partial charge in [0.25, 0.3) is 5.56 Å². The smallest absolute Gasteiger partial charge is 0.319 e. The fraction of sp³-hybridized carbons (Fsp3) is 0.633. The quantitative estimate of drug-likeness (QED) is 0.514. The molecule has 2 aliphatic carbocycles. The average Bonchev–Trinajstić information content (AvgIpc) is 3.19. The third-order valence-electron chi connectivity index (χ3n) is 10.2. The van der Waals surface area contributed by atoms with Crippen molar-refractivity contribution in [1.29, 1.82) is 0 Å². The van der Waals surface area contributed by atoms with Crippen LogP contribution in [0.15, 0.2) is 39.9 Å². The molecule has 7 rings (SSSR count). The molecular weight excluding hydrogens is 462 g/mol. The van der Waals surface area contributed by atoms with Crippen molar-refractivity contribution < 1.29 is 0 Å². The van der Waals surface area contributed by atoms with Crippen LogP contribution in [0.4, 0.5) is 0 Å². The van der Waals surface area contributed by atoms with Crippen molar-refractivity contribution >= 4 is 11.0 Å². The molecule has 3 aromatic rings. The van der Waals surface area contributed by atoms with E-state index in [4.69, 9.17) is 4.98 Å². The topological polar surface area (TPSA) is 86.8 Å². The number of rotatable bonds is 3. The summed E-state index contributed by atoms with van der Waals surface area (Å²) in [6.07, 6.45) is 14.8. The molecule has 4 bridgehead atoms. The number of nitrogens with one attached hydrogen (secondary N) is 2. The minimum atomic E-state index is -0.486. The number of aromatic amines is 2. The molecule has 0 amide bonds. The molecular formula is C30H39N5O2. The van der Waals surface area contributed by atoms with Gasteiger partial charge in [0.1, 0.15) is 0 Å². The second-order valence-corrected chi connectivity index (χ2v) is 12.5. The first-order chi connectivity index (χ1) is 18.0. The summed E-state index contributed by atoms with van der Waals surface area (Å²) < 4.78 is 2.34. The first-order valence-corrected chi connectivity index (χ1v) is 14.6. The summed E-state index contributed by atoms with van der Waals surface area (Å²) in [6, 6.07) is 11.9. The Hall–Kier alpha value is -2.67. The van der Waals surface area contributed by atoms with E-state index >= 15 is 0 Å². The highest BCUT2D eigenvalue weighted by Crippen LogP contribution is 2.49. The molecule has 4 aliphatic rings. The van der Waals surface area contributed by atoms with Gasteiger partial charge in [0, 0.05) is 30.2 Å². The lowest BCUT2D eigenvalue weighted by Crippen LogP contribution is -2.60. The van der Waals surface area contributed by atoms with Crippen LogP contribution in [0.25, 0.3) is 22.6 Å². The molecule has 4 fully saturated rings. The van der Waals surface area contributed by atoms with Gasteiger partial charge in [-0.05, 0) is 74.8 Å². The molecule has 7 nitrogen and oxygen atoms in total. The van der Waals surface area contributed by atoms with Crippen LogP contribution < -0.4 is 11.2 Å². The standard InChI is InChI=1S/C30H39N5O2/c1-18-10-11-21-15-23(16-27(18)34(21)22-13-19-6-2-3-7-20(12-19)14-22)35-26-9-5-4-8-24(26)31-29(35)25-17-28(36)33-30(37)32-25/h4-5,8-9,17-23,27H,2-3,6-7,10-16H2,1H3,(H2,32,33,36,37)/t18-,19-,20+,21+,22-,23-,27+/m1/s1. The highest BCUT2D eigenvalue weighted by atomic mass is 16.2. The fourth-order valence-electron chi connectivity index (χ4n) is 8.73. The first kappa shape index (κ1) is 23.4. The number of nitrogens with zero attached hydrogens (tertiary/aromatic N) is 3. The van der Waals surface area contributed by atoms with Crippen molar-refractivity contribution in [2.45, 2.75) is 102 Å². The van der Waals surface area contributed by atoms with Crippen LogP contribution in [-0.2, 0) is 0 Å². The molecule has 196 valence electrons. The Morgan fingerprint density at radius 3 is 2.41 bits per heavy atom. The van der Waals surface area contributed by atoms with Crippen LogP contribution in [0.2, 0.25) is 0 Å². The van der Waals surface area contributed by atoms with Crippen LogP contribution >= 0.6 is 0 Å². The maximum Gasteiger partial charge on any atom is 0.326 e. The minimum absolute atomic E-state index is 0.296. The molecule has 2 saturated carbocycles. The molecule has 2 saturated heterocycles. The lowest BCUT2D eigenvalue weighted by atomic mass is 9.71. The molecule has 0 spiro atoms. The van der Waals surface area contributed by atoms with Crippen molar-refractivity contribution in [2.24, 2.45) is 17.8 Å². The van der Waals surface area contributed by atoms with E-state index in [1.54, 1.807) is 0 Å². The van der Waals surface area contributed by atoms with Gasteiger partial charge < -0.3 is 9.55 Å². The van der Waals surface area contributed by atoms with Crippen LogP contribution in [-0.4, -0.2) is 42.5 Å². The van der Waals surface area contributed by atoms with Crippen molar-refractivity contribution in [3.63, 3.8) is 0 Å². The molecule has 1 aromatic carbocycles. The monoisotopic (exact) mass is 501 g/mol. The molecule has 4 heterocycles. The van der Waals surface area contributed by atoms with E-state index in [9.17, 15) is 9.59 Å². The molecule has 7 atom stereocenters. The van der Waals surface area contributed by atoms with Gasteiger partial charge in [0.2, 0.25) is 0 Å². The Kier molecular flexibility index (Phi) is 5.87. The predicted molar refractivity (Wildman–Crippen MR) is 146 cm³/mol. The third-order valence-corrected chi connectivity index (χ3v) is 10.2. The van der Waals surface area contributed by atoms with Crippen LogP contribution in [0.5, 0.6) is 0 Å². The Bertz CT molecular complexity index is 1360. The molecule has 2 aromatic heterocycles. The number of hydrogen-bond acceptors (Lipinski definition) is 4. The maximum atomic E-state index is 12.2. The van der Waals surface area contributed by atoms with E-state index in [1.165, 1.54) is 63.9 Å². The average molecular weight is 502 g/mol. The normalized spacial score (nSPS) is 34.4. The SMILES string of the molecule is C[C@@H]1CC[C@H]2C[C@@H](n3c(-c4cc(=O)[nH]c(=O)[nH]4)nc4ccccc43)C[C@@H]1N2[C@@H]1C[C@@H]2CCCC[C@@H](C2)C1. The summed E-state index contributed by atoms with van der Waals surface area (Å²) in [4.78, 5) is 37.4. The minimum Gasteiger partial charge on any atom is -0.319 e. The Morgan fingerprint density at radius 2 is 1.62 bits per heavy atom. The fourth-order valence-corrected chi connectivity index (χ4v) is 8.73. The summed E-state index contributed by atoms with van der Waals surface area (Å²) in [7, 11) is 0. The molecule has 0 unspecified atom stereocenters. The van der Waals surface area contributed by atoms with Gasteiger partial charge in [-0.2, -0.15) is 0 Å². The summed E-state index contributed by atoms with van der Waals surface area (Å²) >= 11 is 0. The Morgan fingerprint density at radius 1 is 0.838 bits per heavy atom. The van der Waals surface area contributed by atoms with Crippen molar-refractivity contribution in [2.75, 3.05) is 0 Å². The lowest BCUT2D eigenvalue weighted by molar-refractivity contribution is -0.0637. The largest absolute Gasteiger partial charge is 0.326 e. The summed E-state index contributed by atoms with van der Waals surface area (Å²) in [5.41, 5.74) is 1.63.